The van der Waals surface area contributed by atoms with Gasteiger partial charge < -0.3 is 10.6 Å². The number of halogens is 4. The fourth-order valence-corrected chi connectivity index (χ4v) is 3.02. The average molecular weight is 429 g/mol. The molecule has 4 rings (SSSR count). The molecule has 4 aromatic rings. The summed E-state index contributed by atoms with van der Waals surface area (Å²) in [6.07, 6.45) is 1.80. The fraction of sp³-hybridized carbons (Fsp3) is 0.0952. The molecule has 2 N–H and O–H groups in total. The third-order valence-corrected chi connectivity index (χ3v) is 4.43. The molecule has 1 aromatic carbocycles. The van der Waals surface area contributed by atoms with Crippen LogP contribution in [0.4, 0.5) is 28.0 Å². The van der Waals surface area contributed by atoms with Crippen LogP contribution < -0.4 is 10.6 Å². The van der Waals surface area contributed by atoms with E-state index in [0.29, 0.717) is 16.9 Å². The van der Waals surface area contributed by atoms with E-state index in [0.717, 1.165) is 11.1 Å². The first-order chi connectivity index (χ1) is 14.8. The van der Waals surface area contributed by atoms with Crippen LogP contribution in [0.5, 0.6) is 0 Å². The molecule has 3 aromatic heterocycles. The molecule has 0 radical (unpaired) electrons. The van der Waals surface area contributed by atoms with E-state index >= 15 is 0 Å². The van der Waals surface area contributed by atoms with Crippen molar-refractivity contribution in [2.75, 3.05) is 11.9 Å². The molecule has 0 aliphatic rings. The quantitative estimate of drug-likeness (QED) is 0.454. The number of pyridine rings is 2. The minimum Gasteiger partial charge on any atom is -0.329 e. The number of rotatable bonds is 4. The van der Waals surface area contributed by atoms with Crippen molar-refractivity contribution in [3.63, 3.8) is 0 Å². The van der Waals surface area contributed by atoms with Gasteiger partial charge in [-0.25, -0.2) is 14.2 Å². The first kappa shape index (κ1) is 20.3. The molecule has 0 bridgehead atoms. The molecule has 0 saturated carbocycles. The Hall–Kier alpha value is -3.95. The lowest BCUT2D eigenvalue weighted by molar-refractivity contribution is -0.122. The maximum atomic E-state index is 13.2. The summed E-state index contributed by atoms with van der Waals surface area (Å²) in [4.78, 5) is 20.1. The van der Waals surface area contributed by atoms with E-state index in [1.165, 1.54) is 18.3 Å². The van der Waals surface area contributed by atoms with Crippen LogP contribution in [0.3, 0.4) is 0 Å². The second-order valence-corrected chi connectivity index (χ2v) is 6.68. The summed E-state index contributed by atoms with van der Waals surface area (Å²) in [5, 5.41) is 4.06. The monoisotopic (exact) mass is 429 g/mol. The van der Waals surface area contributed by atoms with Crippen molar-refractivity contribution in [1.82, 2.24) is 19.7 Å². The van der Waals surface area contributed by atoms with Crippen molar-refractivity contribution in [1.29, 1.82) is 0 Å². The van der Waals surface area contributed by atoms with Gasteiger partial charge in [-0.2, -0.15) is 13.2 Å². The highest BCUT2D eigenvalue weighted by molar-refractivity contribution is 5.89. The van der Waals surface area contributed by atoms with Gasteiger partial charge in [0, 0.05) is 18.0 Å². The van der Waals surface area contributed by atoms with Crippen LogP contribution in [0, 0.1) is 5.82 Å². The molecule has 31 heavy (non-hydrogen) atoms. The highest BCUT2D eigenvalue weighted by Crippen LogP contribution is 2.26. The summed E-state index contributed by atoms with van der Waals surface area (Å²) >= 11 is 0. The van der Waals surface area contributed by atoms with E-state index in [-0.39, 0.29) is 11.5 Å². The molecule has 3 heterocycles. The van der Waals surface area contributed by atoms with E-state index in [4.69, 9.17) is 0 Å². The zero-order chi connectivity index (χ0) is 22.0. The van der Waals surface area contributed by atoms with Gasteiger partial charge in [-0.1, -0.05) is 12.1 Å². The Kier molecular flexibility index (Phi) is 5.28. The van der Waals surface area contributed by atoms with Gasteiger partial charge in [-0.15, -0.1) is 0 Å². The number of benzene rings is 1. The van der Waals surface area contributed by atoms with Crippen LogP contribution in [0.25, 0.3) is 28.0 Å². The van der Waals surface area contributed by atoms with Crippen molar-refractivity contribution in [2.24, 2.45) is 0 Å². The summed E-state index contributed by atoms with van der Waals surface area (Å²) < 4.78 is 51.6. The number of carbonyl (C=O) groups excluding carboxylic acids is 1. The highest BCUT2D eigenvalue weighted by atomic mass is 19.4. The highest BCUT2D eigenvalue weighted by Gasteiger charge is 2.27. The van der Waals surface area contributed by atoms with Gasteiger partial charge in [-0.05, 0) is 41.5 Å². The molecule has 0 fully saturated rings. The second kappa shape index (κ2) is 8.05. The zero-order valence-electron chi connectivity index (χ0n) is 15.8. The Bertz CT molecular complexity index is 1230. The average Bonchev–Trinajstić information content (AvgIpc) is 3.16. The van der Waals surface area contributed by atoms with Crippen LogP contribution in [0.1, 0.15) is 0 Å². The Labute approximate surface area is 173 Å². The standard InChI is InChI=1S/C21H15F4N5O/c22-16-3-1-13(2-4-16)14-5-6-30-18(11-27-19(30)8-14)15-7-17(10-26-9-15)29-20(31)28-12-21(23,24)25/h1-11H,12H2,(H2,28,29,31). The molecule has 0 unspecified atom stereocenters. The molecule has 6 nitrogen and oxygen atoms in total. The van der Waals surface area contributed by atoms with E-state index in [1.807, 2.05) is 12.1 Å². The summed E-state index contributed by atoms with van der Waals surface area (Å²) in [5.41, 5.74) is 3.85. The molecule has 0 atom stereocenters. The SMILES string of the molecule is O=C(NCC(F)(F)F)Nc1cncc(-c2cnc3cc(-c4ccc(F)cc4)ccn23)c1. The number of hydrogen-bond acceptors (Lipinski definition) is 3. The lowest BCUT2D eigenvalue weighted by Gasteiger charge is -2.10. The normalized spacial score (nSPS) is 11.5. The molecule has 0 saturated heterocycles. The third-order valence-electron chi connectivity index (χ3n) is 4.43. The minimum absolute atomic E-state index is 0.232. The van der Waals surface area contributed by atoms with Gasteiger partial charge in [0.2, 0.25) is 0 Å². The molecule has 158 valence electrons. The van der Waals surface area contributed by atoms with Gasteiger partial charge in [-0.3, -0.25) is 9.38 Å². The van der Waals surface area contributed by atoms with E-state index < -0.39 is 18.8 Å². The van der Waals surface area contributed by atoms with E-state index in [1.54, 1.807) is 46.5 Å². The number of fused-ring (bicyclic) bond motifs is 1. The number of aromatic nitrogens is 3. The lowest BCUT2D eigenvalue weighted by Crippen LogP contribution is -2.36. The zero-order valence-corrected chi connectivity index (χ0v) is 15.8. The van der Waals surface area contributed by atoms with Gasteiger partial charge >= 0.3 is 12.2 Å². The number of alkyl halides is 3. The van der Waals surface area contributed by atoms with E-state index in [9.17, 15) is 22.4 Å². The van der Waals surface area contributed by atoms with Crippen molar-refractivity contribution in [2.45, 2.75) is 6.18 Å². The topological polar surface area (TPSA) is 71.3 Å². The Morgan fingerprint density at radius 2 is 1.74 bits per heavy atom. The number of carbonyl (C=O) groups is 1. The first-order valence-corrected chi connectivity index (χ1v) is 9.08. The van der Waals surface area contributed by atoms with Gasteiger partial charge in [0.25, 0.3) is 0 Å². The van der Waals surface area contributed by atoms with Crippen LogP contribution >= 0.6 is 0 Å². The summed E-state index contributed by atoms with van der Waals surface area (Å²) in [6.45, 7) is -1.43. The second-order valence-electron chi connectivity index (χ2n) is 6.68. The van der Waals surface area contributed by atoms with Crippen molar-refractivity contribution < 1.29 is 22.4 Å². The number of amides is 2. The molecular weight excluding hydrogens is 414 g/mol. The Morgan fingerprint density at radius 3 is 2.48 bits per heavy atom. The van der Waals surface area contributed by atoms with Crippen LogP contribution in [-0.2, 0) is 0 Å². The molecular formula is C21H15F4N5O. The van der Waals surface area contributed by atoms with Crippen LogP contribution in [-0.4, -0.2) is 33.1 Å². The molecule has 0 aliphatic carbocycles. The smallest absolute Gasteiger partial charge is 0.329 e. The first-order valence-electron chi connectivity index (χ1n) is 9.08. The predicted octanol–water partition coefficient (Wildman–Crippen LogP) is 4.89. The summed E-state index contributed by atoms with van der Waals surface area (Å²) in [5.74, 6) is -0.319. The van der Waals surface area contributed by atoms with Crippen LogP contribution in [0.2, 0.25) is 0 Å². The van der Waals surface area contributed by atoms with Crippen molar-refractivity contribution in [3.8, 4) is 22.4 Å². The summed E-state index contributed by atoms with van der Waals surface area (Å²) in [6, 6.07) is 10.4. The van der Waals surface area contributed by atoms with Crippen molar-refractivity contribution in [3.05, 3.63) is 73.1 Å². The predicted molar refractivity (Wildman–Crippen MR) is 107 cm³/mol. The number of hydrogen-bond donors (Lipinski definition) is 2. The van der Waals surface area contributed by atoms with Gasteiger partial charge in [0.1, 0.15) is 18.0 Å². The van der Waals surface area contributed by atoms with Gasteiger partial charge in [0.15, 0.2) is 0 Å². The Morgan fingerprint density at radius 1 is 0.968 bits per heavy atom. The third kappa shape index (κ3) is 4.80. The fourth-order valence-electron chi connectivity index (χ4n) is 3.02. The van der Waals surface area contributed by atoms with Gasteiger partial charge in [0.05, 0.1) is 23.8 Å². The van der Waals surface area contributed by atoms with Crippen LogP contribution in [0.15, 0.2) is 67.3 Å². The maximum Gasteiger partial charge on any atom is 0.405 e. The number of nitrogens with one attached hydrogen (secondary N) is 2. The number of nitrogens with zero attached hydrogens (tertiary/aromatic N) is 3. The maximum absolute atomic E-state index is 13.2. The summed E-state index contributed by atoms with van der Waals surface area (Å²) in [7, 11) is 0. The number of imidazole rings is 1. The largest absolute Gasteiger partial charge is 0.405 e. The minimum atomic E-state index is -4.50. The molecule has 0 aliphatic heterocycles. The number of anilines is 1. The Balaban J connectivity index is 1.57. The molecule has 10 heteroatoms. The van der Waals surface area contributed by atoms with E-state index in [2.05, 4.69) is 15.3 Å². The lowest BCUT2D eigenvalue weighted by atomic mass is 10.1. The van der Waals surface area contributed by atoms with Crippen molar-refractivity contribution >= 4 is 17.4 Å². The number of urea groups is 1. The molecule has 2 amide bonds. The molecule has 0 spiro atoms.